The Balaban J connectivity index is 1.94. The molecular formula is C19H15FN4. The van der Waals surface area contributed by atoms with E-state index in [2.05, 4.69) is 21.9 Å². The fourth-order valence-electron chi connectivity index (χ4n) is 2.13. The van der Waals surface area contributed by atoms with Crippen LogP contribution in [0.15, 0.2) is 59.8 Å². The minimum absolute atomic E-state index is 0.294. The number of benzene rings is 2. The van der Waals surface area contributed by atoms with Crippen LogP contribution in [0.1, 0.15) is 22.4 Å². The second kappa shape index (κ2) is 6.80. The lowest BCUT2D eigenvalue weighted by Gasteiger charge is -2.00. The lowest BCUT2D eigenvalue weighted by Crippen LogP contribution is -1.98. The van der Waals surface area contributed by atoms with Crippen LogP contribution in [0.4, 0.5) is 10.3 Å². The maximum atomic E-state index is 13.6. The van der Waals surface area contributed by atoms with Crippen molar-refractivity contribution in [3.63, 3.8) is 0 Å². The van der Waals surface area contributed by atoms with Crippen LogP contribution in [0.5, 0.6) is 0 Å². The van der Waals surface area contributed by atoms with Crippen LogP contribution >= 0.6 is 0 Å². The van der Waals surface area contributed by atoms with Gasteiger partial charge in [0.25, 0.3) is 0 Å². The highest BCUT2D eigenvalue weighted by Gasteiger charge is 2.02. The average Bonchev–Trinajstić information content (AvgIpc) is 2.90. The largest absolute Gasteiger partial charge is 0.368 e. The summed E-state index contributed by atoms with van der Waals surface area (Å²) in [4.78, 5) is 4.07. The molecule has 0 spiro atoms. The van der Waals surface area contributed by atoms with Gasteiger partial charge in [-0.15, -0.1) is 0 Å². The van der Waals surface area contributed by atoms with Gasteiger partial charge < -0.3 is 5.73 Å². The fourth-order valence-corrected chi connectivity index (χ4v) is 2.13. The van der Waals surface area contributed by atoms with Crippen molar-refractivity contribution in [3.8, 4) is 11.8 Å². The molecule has 2 aromatic carbocycles. The molecule has 0 radical (unpaired) electrons. The molecule has 0 saturated heterocycles. The van der Waals surface area contributed by atoms with Gasteiger partial charge >= 0.3 is 0 Å². The van der Waals surface area contributed by atoms with Crippen LogP contribution in [0, 0.1) is 24.6 Å². The van der Waals surface area contributed by atoms with Gasteiger partial charge in [-0.3, -0.25) is 0 Å². The molecule has 0 aliphatic heterocycles. The molecule has 3 aromatic rings. The summed E-state index contributed by atoms with van der Waals surface area (Å²) in [6.07, 6.45) is 3.30. The van der Waals surface area contributed by atoms with E-state index in [1.165, 1.54) is 16.8 Å². The summed E-state index contributed by atoms with van der Waals surface area (Å²) in [5.74, 6) is 5.96. The summed E-state index contributed by atoms with van der Waals surface area (Å²) in [7, 11) is 0. The molecule has 2 N–H and O–H groups in total. The number of rotatable bonds is 2. The van der Waals surface area contributed by atoms with Crippen LogP contribution < -0.4 is 5.73 Å². The van der Waals surface area contributed by atoms with E-state index in [1.54, 1.807) is 18.5 Å². The molecular weight excluding hydrogens is 303 g/mol. The van der Waals surface area contributed by atoms with Crippen molar-refractivity contribution in [1.29, 1.82) is 0 Å². The Morgan fingerprint density at radius 2 is 1.96 bits per heavy atom. The van der Waals surface area contributed by atoms with Gasteiger partial charge in [0.1, 0.15) is 5.82 Å². The number of halogens is 1. The molecule has 0 saturated carbocycles. The summed E-state index contributed by atoms with van der Waals surface area (Å²) in [5.41, 5.74) is 8.64. The highest BCUT2D eigenvalue weighted by atomic mass is 19.1. The van der Waals surface area contributed by atoms with Gasteiger partial charge in [-0.1, -0.05) is 30.0 Å². The Labute approximate surface area is 139 Å². The molecule has 0 fully saturated rings. The minimum Gasteiger partial charge on any atom is -0.368 e. The lowest BCUT2D eigenvalue weighted by atomic mass is 10.1. The zero-order chi connectivity index (χ0) is 16.9. The van der Waals surface area contributed by atoms with Crippen molar-refractivity contribution in [1.82, 2.24) is 9.66 Å². The molecule has 0 bridgehead atoms. The zero-order valence-electron chi connectivity index (χ0n) is 13.1. The molecule has 1 heterocycles. The summed E-state index contributed by atoms with van der Waals surface area (Å²) in [5, 5.41) is 4.26. The maximum absolute atomic E-state index is 13.6. The SMILES string of the molecule is Cc1cn(N=Cc2ccc(F)cc2C#Cc2ccccc2)c(N)n1. The van der Waals surface area contributed by atoms with E-state index >= 15 is 0 Å². The fraction of sp³-hybridized carbons (Fsp3) is 0.0526. The summed E-state index contributed by atoms with van der Waals surface area (Å²) in [6.45, 7) is 1.83. The molecule has 1 aromatic heterocycles. The first-order valence-corrected chi connectivity index (χ1v) is 7.34. The highest BCUT2D eigenvalue weighted by Crippen LogP contribution is 2.10. The second-order valence-corrected chi connectivity index (χ2v) is 5.18. The van der Waals surface area contributed by atoms with E-state index in [4.69, 9.17) is 5.73 Å². The number of nitrogens with zero attached hydrogens (tertiary/aromatic N) is 3. The molecule has 24 heavy (non-hydrogen) atoms. The third kappa shape index (κ3) is 3.68. The van der Waals surface area contributed by atoms with Crippen molar-refractivity contribution in [2.45, 2.75) is 6.92 Å². The van der Waals surface area contributed by atoms with Crippen molar-refractivity contribution in [2.24, 2.45) is 5.10 Å². The van der Waals surface area contributed by atoms with Gasteiger partial charge in [0, 0.05) is 16.7 Å². The Bertz CT molecular complexity index is 946. The minimum atomic E-state index is -0.345. The molecule has 5 heteroatoms. The smallest absolute Gasteiger partial charge is 0.221 e. The first-order chi connectivity index (χ1) is 11.6. The normalized spacial score (nSPS) is 10.6. The molecule has 4 nitrogen and oxygen atoms in total. The third-order valence-electron chi connectivity index (χ3n) is 3.29. The standard InChI is InChI=1S/C19H15FN4/c1-14-13-24(19(21)23-14)22-12-17-9-10-18(20)11-16(17)8-7-15-5-3-2-4-6-15/h2-6,9-13H,1H3,(H2,21,23). The van der Waals surface area contributed by atoms with Gasteiger partial charge in [-0.2, -0.15) is 5.10 Å². The van der Waals surface area contributed by atoms with E-state index in [9.17, 15) is 4.39 Å². The van der Waals surface area contributed by atoms with E-state index in [1.807, 2.05) is 37.3 Å². The van der Waals surface area contributed by atoms with Gasteiger partial charge in [-0.05, 0) is 37.3 Å². The first kappa shape index (κ1) is 15.5. The van der Waals surface area contributed by atoms with Crippen molar-refractivity contribution < 1.29 is 4.39 Å². The average molecular weight is 318 g/mol. The number of nitrogens with two attached hydrogens (primary N) is 1. The predicted octanol–water partition coefficient (Wildman–Crippen LogP) is 3.19. The Morgan fingerprint density at radius 1 is 1.17 bits per heavy atom. The predicted molar refractivity (Wildman–Crippen MR) is 93.2 cm³/mol. The summed E-state index contributed by atoms with van der Waals surface area (Å²) in [6, 6.07) is 13.9. The van der Waals surface area contributed by atoms with Gasteiger partial charge in [0.05, 0.1) is 18.1 Å². The Morgan fingerprint density at radius 3 is 2.67 bits per heavy atom. The van der Waals surface area contributed by atoms with E-state index in [-0.39, 0.29) is 5.82 Å². The van der Waals surface area contributed by atoms with Gasteiger partial charge in [0.2, 0.25) is 5.95 Å². The number of nitrogen functional groups attached to an aromatic ring is 1. The molecule has 0 atom stereocenters. The monoisotopic (exact) mass is 318 g/mol. The molecule has 0 amide bonds. The number of imidazole rings is 1. The van der Waals surface area contributed by atoms with Crippen LogP contribution in [-0.2, 0) is 0 Å². The zero-order valence-corrected chi connectivity index (χ0v) is 13.1. The molecule has 0 aliphatic rings. The van der Waals surface area contributed by atoms with Gasteiger partial charge in [-0.25, -0.2) is 14.1 Å². The summed E-state index contributed by atoms with van der Waals surface area (Å²) >= 11 is 0. The van der Waals surface area contributed by atoms with Crippen LogP contribution in [0.2, 0.25) is 0 Å². The Hall–Kier alpha value is -3.39. The quantitative estimate of drug-likeness (QED) is 0.583. The molecule has 0 unspecified atom stereocenters. The number of aromatic nitrogens is 2. The van der Waals surface area contributed by atoms with Crippen molar-refractivity contribution >= 4 is 12.2 Å². The van der Waals surface area contributed by atoms with E-state index in [0.717, 1.165) is 11.3 Å². The number of anilines is 1. The first-order valence-electron chi connectivity index (χ1n) is 7.34. The molecule has 0 aliphatic carbocycles. The number of hydrogen-bond acceptors (Lipinski definition) is 3. The van der Waals surface area contributed by atoms with Crippen molar-refractivity contribution in [3.05, 3.63) is 82.9 Å². The number of aryl methyl sites for hydroxylation is 1. The van der Waals surface area contributed by atoms with Crippen LogP contribution in [0.3, 0.4) is 0 Å². The van der Waals surface area contributed by atoms with Crippen LogP contribution in [0.25, 0.3) is 0 Å². The molecule has 118 valence electrons. The maximum Gasteiger partial charge on any atom is 0.221 e. The van der Waals surface area contributed by atoms with Gasteiger partial charge in [0.15, 0.2) is 0 Å². The Kier molecular flexibility index (Phi) is 4.39. The molecule has 3 rings (SSSR count). The van der Waals surface area contributed by atoms with Crippen LogP contribution in [-0.4, -0.2) is 15.9 Å². The number of hydrogen-bond donors (Lipinski definition) is 1. The van der Waals surface area contributed by atoms with E-state index < -0.39 is 0 Å². The third-order valence-corrected chi connectivity index (χ3v) is 3.29. The summed E-state index contributed by atoms with van der Waals surface area (Å²) < 4.78 is 15.0. The van der Waals surface area contributed by atoms with Crippen molar-refractivity contribution in [2.75, 3.05) is 5.73 Å². The second-order valence-electron chi connectivity index (χ2n) is 5.18. The van der Waals surface area contributed by atoms with E-state index in [0.29, 0.717) is 17.1 Å². The topological polar surface area (TPSA) is 56.2 Å². The lowest BCUT2D eigenvalue weighted by molar-refractivity contribution is 0.627. The highest BCUT2D eigenvalue weighted by molar-refractivity contribution is 5.83.